The molecule has 0 spiro atoms. The molecule has 2 aromatic rings. The van der Waals surface area contributed by atoms with Crippen molar-refractivity contribution < 1.29 is 9.59 Å². The third-order valence-electron chi connectivity index (χ3n) is 3.24. The number of benzene rings is 2. The summed E-state index contributed by atoms with van der Waals surface area (Å²) >= 11 is 17.9. The number of rotatable bonds is 2. The molecule has 0 unspecified atom stereocenters. The smallest absolute Gasteiger partial charge is 0.299 e. The number of hydrogen-bond acceptors (Lipinski definition) is 2. The number of fused-ring (bicyclic) bond motifs is 1. The number of ketones is 1. The number of amides is 1. The van der Waals surface area contributed by atoms with E-state index in [1.54, 1.807) is 24.3 Å². The Labute approximate surface area is 136 Å². The third kappa shape index (κ3) is 2.53. The van der Waals surface area contributed by atoms with Crippen LogP contribution in [-0.2, 0) is 11.3 Å². The van der Waals surface area contributed by atoms with E-state index in [4.69, 9.17) is 34.8 Å². The van der Waals surface area contributed by atoms with Gasteiger partial charge in [-0.15, -0.1) is 0 Å². The number of carbonyl (C=O) groups is 2. The first-order valence-electron chi connectivity index (χ1n) is 6.07. The van der Waals surface area contributed by atoms with Crippen LogP contribution < -0.4 is 4.90 Å². The van der Waals surface area contributed by atoms with E-state index in [2.05, 4.69) is 0 Å². The van der Waals surface area contributed by atoms with Gasteiger partial charge in [0.05, 0.1) is 22.8 Å². The van der Waals surface area contributed by atoms with Gasteiger partial charge in [-0.2, -0.15) is 0 Å². The van der Waals surface area contributed by atoms with Gasteiger partial charge in [-0.05, 0) is 29.8 Å². The predicted molar refractivity (Wildman–Crippen MR) is 83.4 cm³/mol. The molecule has 0 fully saturated rings. The van der Waals surface area contributed by atoms with Crippen molar-refractivity contribution in [1.29, 1.82) is 0 Å². The molecule has 3 nitrogen and oxygen atoms in total. The summed E-state index contributed by atoms with van der Waals surface area (Å²) in [4.78, 5) is 25.5. The summed E-state index contributed by atoms with van der Waals surface area (Å²) in [6.45, 7) is 0.246. The molecule has 0 saturated carbocycles. The van der Waals surface area contributed by atoms with Crippen molar-refractivity contribution in [2.45, 2.75) is 6.54 Å². The number of hydrogen-bond donors (Lipinski definition) is 0. The lowest BCUT2D eigenvalue weighted by atomic mass is 10.1. The second-order valence-electron chi connectivity index (χ2n) is 4.63. The van der Waals surface area contributed by atoms with Crippen molar-refractivity contribution in [3.8, 4) is 0 Å². The first kappa shape index (κ1) is 14.4. The summed E-state index contributed by atoms with van der Waals surface area (Å²) in [6, 6.07) is 10.0. The number of Topliss-reactive ketones (excluding diaryl/α,β-unsaturated/α-hetero) is 1. The van der Waals surface area contributed by atoms with Gasteiger partial charge >= 0.3 is 0 Å². The Morgan fingerprint density at radius 2 is 1.57 bits per heavy atom. The highest BCUT2D eigenvalue weighted by Crippen LogP contribution is 2.39. The standard InChI is InChI=1S/C15H8Cl3NO2/c16-9-3-1-8(2-4-9)7-19-13-11(14(20)15(19)21)5-10(17)6-12(13)18/h1-6H,7H2. The monoisotopic (exact) mass is 339 g/mol. The minimum atomic E-state index is -0.607. The Morgan fingerprint density at radius 3 is 2.24 bits per heavy atom. The molecule has 1 aliphatic rings. The van der Waals surface area contributed by atoms with Crippen LogP contribution in [0, 0.1) is 0 Å². The second-order valence-corrected chi connectivity index (χ2v) is 5.91. The molecule has 0 saturated heterocycles. The molecule has 0 aliphatic carbocycles. The molecule has 106 valence electrons. The summed E-state index contributed by atoms with van der Waals surface area (Å²) in [6.07, 6.45) is 0. The summed E-state index contributed by atoms with van der Waals surface area (Å²) in [5.74, 6) is -1.20. The lowest BCUT2D eigenvalue weighted by Crippen LogP contribution is -2.29. The molecule has 1 heterocycles. The fourth-order valence-electron chi connectivity index (χ4n) is 2.28. The molecule has 0 N–H and O–H groups in total. The number of halogens is 3. The van der Waals surface area contributed by atoms with Crippen LogP contribution in [0.5, 0.6) is 0 Å². The first-order chi connectivity index (χ1) is 9.97. The third-order valence-corrected chi connectivity index (χ3v) is 3.99. The molecule has 1 amide bonds. The van der Waals surface area contributed by atoms with Crippen molar-refractivity contribution in [2.24, 2.45) is 0 Å². The molecule has 0 bridgehead atoms. The van der Waals surface area contributed by atoms with Crippen LogP contribution in [0.1, 0.15) is 15.9 Å². The van der Waals surface area contributed by atoms with E-state index in [0.29, 0.717) is 15.7 Å². The molecule has 3 rings (SSSR count). The van der Waals surface area contributed by atoms with Gasteiger partial charge in [0.15, 0.2) is 0 Å². The summed E-state index contributed by atoms with van der Waals surface area (Å²) in [7, 11) is 0. The van der Waals surface area contributed by atoms with Crippen LogP contribution in [-0.4, -0.2) is 11.7 Å². The quantitative estimate of drug-likeness (QED) is 0.761. The fourth-order valence-corrected chi connectivity index (χ4v) is 3.00. The van der Waals surface area contributed by atoms with Gasteiger partial charge in [0.1, 0.15) is 0 Å². The Kier molecular flexibility index (Phi) is 3.66. The molecule has 0 atom stereocenters. The van der Waals surface area contributed by atoms with E-state index < -0.39 is 11.7 Å². The van der Waals surface area contributed by atoms with Gasteiger partial charge in [0.2, 0.25) is 0 Å². The largest absolute Gasteiger partial charge is 0.299 e. The maximum atomic E-state index is 12.1. The van der Waals surface area contributed by atoms with Crippen molar-refractivity contribution >= 4 is 52.2 Å². The molecule has 2 aromatic carbocycles. The fraction of sp³-hybridized carbons (Fsp3) is 0.0667. The van der Waals surface area contributed by atoms with E-state index in [9.17, 15) is 9.59 Å². The van der Waals surface area contributed by atoms with Gasteiger partial charge in [0, 0.05) is 10.0 Å². The Morgan fingerprint density at radius 1 is 0.905 bits per heavy atom. The van der Waals surface area contributed by atoms with Gasteiger partial charge in [-0.25, -0.2) is 0 Å². The lowest BCUT2D eigenvalue weighted by Gasteiger charge is -2.18. The SMILES string of the molecule is O=C1C(=O)N(Cc2ccc(Cl)cc2)c2c(Cl)cc(Cl)cc21. The molecule has 6 heteroatoms. The normalized spacial score (nSPS) is 13.8. The van der Waals surface area contributed by atoms with Crippen molar-refractivity contribution in [3.05, 3.63) is 62.6 Å². The van der Waals surface area contributed by atoms with Gasteiger partial charge in [0.25, 0.3) is 11.7 Å². The maximum absolute atomic E-state index is 12.1. The van der Waals surface area contributed by atoms with Gasteiger partial charge in [-0.1, -0.05) is 46.9 Å². The van der Waals surface area contributed by atoms with E-state index in [-0.39, 0.29) is 17.1 Å². The predicted octanol–water partition coefficient (Wildman–Crippen LogP) is 4.38. The van der Waals surface area contributed by atoms with Gasteiger partial charge < -0.3 is 0 Å². The highest BCUT2D eigenvalue weighted by Gasteiger charge is 2.37. The summed E-state index contributed by atoms with van der Waals surface area (Å²) in [5.41, 5.74) is 1.50. The zero-order valence-electron chi connectivity index (χ0n) is 10.6. The van der Waals surface area contributed by atoms with E-state index >= 15 is 0 Å². The highest BCUT2D eigenvalue weighted by atomic mass is 35.5. The number of anilines is 1. The molecular weight excluding hydrogens is 333 g/mol. The lowest BCUT2D eigenvalue weighted by molar-refractivity contribution is -0.114. The average Bonchev–Trinajstić information content (AvgIpc) is 2.67. The summed E-state index contributed by atoms with van der Waals surface area (Å²) in [5, 5.41) is 1.21. The van der Waals surface area contributed by atoms with E-state index in [1.807, 2.05) is 0 Å². The zero-order valence-corrected chi connectivity index (χ0v) is 12.8. The molecule has 1 aliphatic heterocycles. The highest BCUT2D eigenvalue weighted by molar-refractivity contribution is 6.54. The molecule has 0 radical (unpaired) electrons. The summed E-state index contributed by atoms with van der Waals surface area (Å²) < 4.78 is 0. The maximum Gasteiger partial charge on any atom is 0.299 e. The van der Waals surface area contributed by atoms with Crippen LogP contribution in [0.3, 0.4) is 0 Å². The minimum absolute atomic E-state index is 0.242. The Bertz CT molecular complexity index is 756. The van der Waals surface area contributed by atoms with Crippen molar-refractivity contribution in [3.63, 3.8) is 0 Å². The van der Waals surface area contributed by atoms with Crippen molar-refractivity contribution in [1.82, 2.24) is 0 Å². The van der Waals surface area contributed by atoms with Crippen molar-refractivity contribution in [2.75, 3.05) is 4.90 Å². The molecular formula is C15H8Cl3NO2. The van der Waals surface area contributed by atoms with Crippen LogP contribution in [0.2, 0.25) is 15.1 Å². The van der Waals surface area contributed by atoms with Crippen LogP contribution in [0.25, 0.3) is 0 Å². The Hall–Kier alpha value is -1.55. The van der Waals surface area contributed by atoms with Crippen LogP contribution >= 0.6 is 34.8 Å². The topological polar surface area (TPSA) is 37.4 Å². The first-order valence-corrected chi connectivity index (χ1v) is 7.20. The minimum Gasteiger partial charge on any atom is -0.299 e. The number of nitrogens with zero attached hydrogens (tertiary/aromatic N) is 1. The van der Waals surface area contributed by atoms with E-state index in [0.717, 1.165) is 5.56 Å². The number of carbonyl (C=O) groups excluding carboxylic acids is 2. The zero-order chi connectivity index (χ0) is 15.1. The average molecular weight is 341 g/mol. The van der Waals surface area contributed by atoms with Crippen LogP contribution in [0.4, 0.5) is 5.69 Å². The molecule has 0 aromatic heterocycles. The second kappa shape index (κ2) is 5.34. The van der Waals surface area contributed by atoms with E-state index in [1.165, 1.54) is 17.0 Å². The van der Waals surface area contributed by atoms with Crippen LogP contribution in [0.15, 0.2) is 36.4 Å². The van der Waals surface area contributed by atoms with Gasteiger partial charge in [-0.3, -0.25) is 14.5 Å². The molecule has 21 heavy (non-hydrogen) atoms. The Balaban J connectivity index is 2.03.